The van der Waals surface area contributed by atoms with E-state index in [4.69, 9.17) is 0 Å². The summed E-state index contributed by atoms with van der Waals surface area (Å²) in [6.07, 6.45) is 9.03. The van der Waals surface area contributed by atoms with E-state index >= 15 is 0 Å². The molecule has 0 aliphatic rings. The van der Waals surface area contributed by atoms with E-state index in [1.807, 2.05) is 0 Å². The number of aromatic nitrogens is 1. The highest BCUT2D eigenvalue weighted by molar-refractivity contribution is 7.80. The molecule has 0 amide bonds. The number of rotatable bonds is 10. The lowest BCUT2D eigenvalue weighted by Crippen LogP contribution is -3.09. The van der Waals surface area contributed by atoms with Gasteiger partial charge in [0.05, 0.1) is 20.1 Å². The highest BCUT2D eigenvalue weighted by atomic mass is 32.1. The molecule has 0 saturated carbocycles. The number of benzene rings is 1. The van der Waals surface area contributed by atoms with Crippen molar-refractivity contribution in [1.82, 2.24) is 0 Å². The Kier molecular flexibility index (Phi) is 8.72. The summed E-state index contributed by atoms with van der Waals surface area (Å²) in [4.78, 5) is 3.69. The Balaban J connectivity index is 1.93. The largest absolute Gasteiger partial charge is 0.378 e. The van der Waals surface area contributed by atoms with E-state index in [-0.39, 0.29) is 0 Å². The second-order valence-electron chi connectivity index (χ2n) is 7.03. The van der Waals surface area contributed by atoms with Gasteiger partial charge in [0.1, 0.15) is 6.54 Å². The minimum absolute atomic E-state index is 0.962. The molecule has 0 aliphatic carbocycles. The van der Waals surface area contributed by atoms with Crippen LogP contribution in [0.4, 0.5) is 5.69 Å². The highest BCUT2D eigenvalue weighted by Crippen LogP contribution is 2.14. The first-order chi connectivity index (χ1) is 12.6. The maximum Gasteiger partial charge on any atom is 0.205 e. The summed E-state index contributed by atoms with van der Waals surface area (Å²) in [6.45, 7) is 3.42. The second kappa shape index (κ2) is 11.0. The van der Waals surface area contributed by atoms with Gasteiger partial charge in [-0.05, 0) is 29.8 Å². The quantitative estimate of drug-likeness (QED) is 0.371. The fraction of sp³-hybridized carbons (Fsp3) is 0.409. The van der Waals surface area contributed by atoms with Crippen LogP contribution in [0.2, 0.25) is 0 Å². The summed E-state index contributed by atoms with van der Waals surface area (Å²) in [5.41, 5.74) is 3.70. The Labute approximate surface area is 164 Å². The van der Waals surface area contributed by atoms with Crippen molar-refractivity contribution < 1.29 is 9.47 Å². The van der Waals surface area contributed by atoms with Crippen LogP contribution >= 0.6 is 12.6 Å². The molecule has 1 N–H and O–H groups in total. The van der Waals surface area contributed by atoms with Crippen LogP contribution in [0.3, 0.4) is 0 Å². The Morgan fingerprint density at radius 2 is 1.77 bits per heavy atom. The molecule has 0 aliphatic heterocycles. The number of nitrogens with zero attached hydrogens (tertiary/aromatic N) is 2. The van der Waals surface area contributed by atoms with Crippen molar-refractivity contribution in [2.24, 2.45) is 0 Å². The number of thiol groups is 1. The minimum Gasteiger partial charge on any atom is -0.378 e. The van der Waals surface area contributed by atoms with Crippen molar-refractivity contribution in [2.75, 3.05) is 44.9 Å². The fourth-order valence-electron chi connectivity index (χ4n) is 2.93. The van der Waals surface area contributed by atoms with E-state index in [0.29, 0.717) is 0 Å². The molecule has 1 aromatic heterocycles. The molecule has 2 rings (SSSR count). The minimum atomic E-state index is 0.962. The van der Waals surface area contributed by atoms with Crippen LogP contribution in [0.5, 0.6) is 0 Å². The van der Waals surface area contributed by atoms with Crippen molar-refractivity contribution in [3.8, 4) is 0 Å². The lowest BCUT2D eigenvalue weighted by Gasteiger charge is -2.11. The second-order valence-corrected chi connectivity index (χ2v) is 7.47. The molecule has 0 bridgehead atoms. The molecule has 4 heteroatoms. The normalized spacial score (nSPS) is 12.5. The molecule has 0 saturated heterocycles. The maximum atomic E-state index is 4.31. The molecule has 1 atom stereocenters. The lowest BCUT2D eigenvalue weighted by atomic mass is 10.1. The predicted molar refractivity (Wildman–Crippen MR) is 116 cm³/mol. The number of pyridine rings is 1. The summed E-state index contributed by atoms with van der Waals surface area (Å²) in [5.74, 6) is 0.962. The Bertz CT molecular complexity index is 680. The number of unbranched alkanes of at least 4 members (excludes halogenated alkanes) is 1. The first kappa shape index (κ1) is 20.5. The third-order valence-corrected chi connectivity index (χ3v) is 4.85. The standard InChI is InChI=1S/C22H31N3S/c1-23(2)21-12-9-20(10-13-21)11-14-22-8-4-5-16-25(22)17-7-6-15-24(3)18-19-26/h4-5,8-14,16H,6-7,15,17-19H2,1-3H3/p+2. The van der Waals surface area contributed by atoms with Crippen molar-refractivity contribution in [3.05, 3.63) is 59.9 Å². The average Bonchev–Trinajstić information content (AvgIpc) is 2.65. The molecule has 1 heterocycles. The Morgan fingerprint density at radius 1 is 1.00 bits per heavy atom. The summed E-state index contributed by atoms with van der Waals surface area (Å²) >= 11 is 4.31. The summed E-state index contributed by atoms with van der Waals surface area (Å²) in [7, 11) is 6.38. The summed E-state index contributed by atoms with van der Waals surface area (Å²) < 4.78 is 2.35. The SMILES string of the molecule is CN(C)c1ccc(C=Cc2cccc[n+]2CCCC[NH+](C)CCS)cc1. The van der Waals surface area contributed by atoms with Crippen LogP contribution in [0, 0.1) is 0 Å². The van der Waals surface area contributed by atoms with Crippen molar-refractivity contribution in [2.45, 2.75) is 19.4 Å². The van der Waals surface area contributed by atoms with Crippen molar-refractivity contribution in [1.29, 1.82) is 0 Å². The van der Waals surface area contributed by atoms with Gasteiger partial charge in [-0.1, -0.05) is 12.1 Å². The van der Waals surface area contributed by atoms with Gasteiger partial charge in [0.2, 0.25) is 5.69 Å². The maximum absolute atomic E-state index is 4.31. The molecule has 0 spiro atoms. The topological polar surface area (TPSA) is 11.6 Å². The number of hydrogen-bond donors (Lipinski definition) is 2. The van der Waals surface area contributed by atoms with E-state index in [1.165, 1.54) is 36.3 Å². The molecule has 3 nitrogen and oxygen atoms in total. The van der Waals surface area contributed by atoms with E-state index in [0.717, 1.165) is 18.8 Å². The van der Waals surface area contributed by atoms with Gasteiger partial charge in [-0.15, -0.1) is 0 Å². The molecule has 0 fully saturated rings. The van der Waals surface area contributed by atoms with Gasteiger partial charge < -0.3 is 9.80 Å². The Hall–Kier alpha value is -1.78. The van der Waals surface area contributed by atoms with E-state index in [2.05, 4.69) is 104 Å². The van der Waals surface area contributed by atoms with Gasteiger partial charge in [-0.2, -0.15) is 17.2 Å². The molecular formula is C22H33N3S+2. The molecule has 1 aromatic carbocycles. The molecule has 1 unspecified atom stereocenters. The van der Waals surface area contributed by atoms with E-state index in [1.54, 1.807) is 4.90 Å². The molecule has 0 radical (unpaired) electrons. The average molecular weight is 372 g/mol. The first-order valence-corrected chi connectivity index (χ1v) is 10.1. The number of anilines is 1. The summed E-state index contributed by atoms with van der Waals surface area (Å²) in [5, 5.41) is 0. The van der Waals surface area contributed by atoms with Crippen LogP contribution in [0.25, 0.3) is 12.2 Å². The van der Waals surface area contributed by atoms with E-state index in [9.17, 15) is 0 Å². The molecular weight excluding hydrogens is 338 g/mol. The fourth-order valence-corrected chi connectivity index (χ4v) is 3.32. The first-order valence-electron chi connectivity index (χ1n) is 9.46. The van der Waals surface area contributed by atoms with Gasteiger partial charge in [0, 0.05) is 56.6 Å². The predicted octanol–water partition coefficient (Wildman–Crippen LogP) is 2.44. The number of nitrogens with one attached hydrogen (secondary N) is 1. The van der Waals surface area contributed by atoms with Crippen LogP contribution in [0.15, 0.2) is 48.7 Å². The monoisotopic (exact) mass is 371 g/mol. The number of hydrogen-bond acceptors (Lipinski definition) is 2. The van der Waals surface area contributed by atoms with Gasteiger partial charge in [-0.25, -0.2) is 0 Å². The third-order valence-electron chi connectivity index (χ3n) is 4.62. The van der Waals surface area contributed by atoms with Gasteiger partial charge >= 0.3 is 0 Å². The molecule has 2 aromatic rings. The van der Waals surface area contributed by atoms with Crippen LogP contribution in [-0.2, 0) is 6.54 Å². The van der Waals surface area contributed by atoms with E-state index < -0.39 is 0 Å². The van der Waals surface area contributed by atoms with Gasteiger partial charge in [0.15, 0.2) is 6.20 Å². The van der Waals surface area contributed by atoms with Gasteiger partial charge in [-0.3, -0.25) is 0 Å². The zero-order chi connectivity index (χ0) is 18.8. The number of quaternary nitrogens is 1. The van der Waals surface area contributed by atoms with Crippen molar-refractivity contribution >= 4 is 30.5 Å². The zero-order valence-electron chi connectivity index (χ0n) is 16.4. The molecule has 140 valence electrons. The summed E-state index contributed by atoms with van der Waals surface area (Å²) in [6, 6.07) is 15.0. The third kappa shape index (κ3) is 6.85. The lowest BCUT2D eigenvalue weighted by molar-refractivity contribution is -0.877. The molecule has 26 heavy (non-hydrogen) atoms. The number of aryl methyl sites for hydroxylation is 1. The van der Waals surface area contributed by atoms with Crippen LogP contribution in [0.1, 0.15) is 24.1 Å². The van der Waals surface area contributed by atoms with Crippen LogP contribution in [-0.4, -0.2) is 40.0 Å². The van der Waals surface area contributed by atoms with Crippen LogP contribution < -0.4 is 14.4 Å². The smallest absolute Gasteiger partial charge is 0.205 e. The van der Waals surface area contributed by atoms with Crippen molar-refractivity contribution in [3.63, 3.8) is 0 Å². The zero-order valence-corrected chi connectivity index (χ0v) is 17.3. The highest BCUT2D eigenvalue weighted by Gasteiger charge is 2.07. The Morgan fingerprint density at radius 3 is 2.46 bits per heavy atom. The van der Waals surface area contributed by atoms with Gasteiger partial charge in [0.25, 0.3) is 0 Å².